The first-order valence-corrected chi connectivity index (χ1v) is 33.0. The Morgan fingerprint density at radius 3 is 0.702 bits per heavy atom. The SMILES string of the molecule is C[N+](C)(C)CCCCCCCCC1(CCCCCCCC[N+](C)(C)C)c2ccccc2-c2ccc(-c3ccc(-c4ccc5c(c4)C(CCCCCCCC[N+](C)(C)C)(CCCCCCCC[N+](C)(C)C)c4ccccc4-5)cc3)cc21.[Br-].[Br-].[Br-].[Br-]. The van der Waals surface area contributed by atoms with Crippen LogP contribution in [0.5, 0.6) is 0 Å². The highest BCUT2D eigenvalue weighted by Gasteiger charge is 2.44. The molecule has 7 rings (SSSR count). The molecule has 0 unspecified atom stereocenters. The van der Waals surface area contributed by atoms with Gasteiger partial charge in [0.25, 0.3) is 0 Å². The minimum Gasteiger partial charge on any atom is -1.00 e. The molecule has 0 bridgehead atoms. The molecule has 0 saturated heterocycles. The van der Waals surface area contributed by atoms with Crippen LogP contribution in [0.3, 0.4) is 0 Å². The van der Waals surface area contributed by atoms with Crippen molar-refractivity contribution in [3.63, 3.8) is 0 Å². The molecule has 8 heteroatoms. The van der Waals surface area contributed by atoms with Gasteiger partial charge in [-0.05, 0) is 156 Å². The van der Waals surface area contributed by atoms with Gasteiger partial charge in [0, 0.05) is 10.8 Å². The van der Waals surface area contributed by atoms with Crippen LogP contribution in [0.4, 0.5) is 0 Å². The Hall–Kier alpha value is -2.14. The molecule has 4 nitrogen and oxygen atoms in total. The van der Waals surface area contributed by atoms with E-state index in [1.165, 1.54) is 250 Å². The third kappa shape index (κ3) is 22.7. The number of hydrogen-bond acceptors (Lipinski definition) is 0. The molecule has 2 aliphatic rings. The van der Waals surface area contributed by atoms with Crippen LogP contribution < -0.4 is 67.9 Å². The number of hydrogen-bond donors (Lipinski definition) is 0. The lowest BCUT2D eigenvalue weighted by atomic mass is 9.70. The molecule has 2 aliphatic carbocycles. The van der Waals surface area contributed by atoms with Crippen molar-refractivity contribution in [3.8, 4) is 44.5 Å². The highest BCUT2D eigenvalue weighted by atomic mass is 79.9. The molecular weight excluding hydrogens is 1290 g/mol. The Morgan fingerprint density at radius 2 is 0.440 bits per heavy atom. The number of halogens is 4. The van der Waals surface area contributed by atoms with Gasteiger partial charge in [-0.2, -0.15) is 0 Å². The Balaban J connectivity index is 0.00000462. The molecule has 0 atom stereocenters. The number of rotatable bonds is 38. The fourth-order valence-electron chi connectivity index (χ4n) is 14.3. The molecule has 0 spiro atoms. The van der Waals surface area contributed by atoms with Gasteiger partial charge in [0.1, 0.15) is 0 Å². The van der Waals surface area contributed by atoms with Gasteiger partial charge in [0.15, 0.2) is 0 Å². The number of fused-ring (bicyclic) bond motifs is 6. The predicted molar refractivity (Wildman–Crippen MR) is 351 cm³/mol. The van der Waals surface area contributed by atoms with Gasteiger partial charge >= 0.3 is 0 Å². The van der Waals surface area contributed by atoms with Crippen molar-refractivity contribution in [2.75, 3.05) is 111 Å². The second kappa shape index (κ2) is 35.9. The van der Waals surface area contributed by atoms with E-state index in [0.717, 1.165) is 17.9 Å². The molecule has 0 heterocycles. The lowest BCUT2D eigenvalue weighted by Gasteiger charge is -2.33. The number of nitrogens with zero attached hydrogens (tertiary/aromatic N) is 4. The predicted octanol–water partition coefficient (Wildman–Crippen LogP) is 7.32. The molecular formula is C76H118Br4N4. The Labute approximate surface area is 558 Å². The minimum absolute atomic E-state index is 0. The van der Waals surface area contributed by atoms with Crippen molar-refractivity contribution in [2.24, 2.45) is 0 Å². The molecule has 0 aliphatic heterocycles. The lowest BCUT2D eigenvalue weighted by molar-refractivity contribution is -0.870. The molecule has 5 aromatic rings. The van der Waals surface area contributed by atoms with Crippen molar-refractivity contribution >= 4 is 0 Å². The van der Waals surface area contributed by atoms with Crippen LogP contribution in [0.15, 0.2) is 109 Å². The number of quaternary nitrogens is 4. The highest BCUT2D eigenvalue weighted by Crippen LogP contribution is 2.57. The van der Waals surface area contributed by atoms with Gasteiger partial charge in [-0.3, -0.25) is 0 Å². The quantitative estimate of drug-likeness (QED) is 0.0288. The summed E-state index contributed by atoms with van der Waals surface area (Å²) in [4.78, 5) is 0. The molecule has 0 fully saturated rings. The van der Waals surface area contributed by atoms with E-state index in [0.29, 0.717) is 0 Å². The van der Waals surface area contributed by atoms with Crippen LogP contribution in [0, 0.1) is 0 Å². The molecule has 5 aromatic carbocycles. The third-order valence-corrected chi connectivity index (χ3v) is 18.8. The van der Waals surface area contributed by atoms with Crippen LogP contribution in [-0.4, -0.2) is 129 Å². The normalized spacial score (nSPS) is 13.9. The van der Waals surface area contributed by atoms with Crippen LogP contribution in [0.1, 0.15) is 202 Å². The van der Waals surface area contributed by atoms with Crippen LogP contribution >= 0.6 is 0 Å². The van der Waals surface area contributed by atoms with E-state index in [1.807, 2.05) is 0 Å². The van der Waals surface area contributed by atoms with E-state index >= 15 is 0 Å². The first-order chi connectivity index (χ1) is 38.2. The first kappa shape index (κ1) is 76.1. The number of unbranched alkanes of at least 4 members (excludes halogenated alkanes) is 20. The van der Waals surface area contributed by atoms with Gasteiger partial charge in [-0.15, -0.1) is 0 Å². The number of benzene rings is 5. The minimum atomic E-state index is 0. The van der Waals surface area contributed by atoms with Crippen molar-refractivity contribution in [2.45, 2.75) is 191 Å². The monoisotopic (exact) mass is 1400 g/mol. The van der Waals surface area contributed by atoms with Crippen LogP contribution in [0.25, 0.3) is 44.5 Å². The fourth-order valence-corrected chi connectivity index (χ4v) is 14.3. The Kier molecular flexibility index (Phi) is 32.5. The standard InChI is InChI=1S/C76H118N4.4BrH/c1-77(2,3)57-37-25-17-13-21-33-53-75(54-34-22-14-18-26-38-58-78(4,5)6)71-43-31-29-41-67(71)69-51-49-65(61-73(69)75)63-45-47-64(48-46-63)66-50-52-70-68-42-30-32-44-72(68)76(74(70)62-66,55-35-23-15-19-27-39-59-79(7,8)9)56-36-24-16-20-28-40-60-80(10,11)12;;;;/h29-32,41-52,61-62H,13-28,33-40,53-60H2,1-12H3;4*1H/q+4;;;;/p-4. The summed E-state index contributed by atoms with van der Waals surface area (Å²) in [5.41, 5.74) is 17.9. The van der Waals surface area contributed by atoms with E-state index in [9.17, 15) is 0 Å². The smallest absolute Gasteiger partial charge is 0.0780 e. The summed E-state index contributed by atoms with van der Waals surface area (Å²) in [7, 11) is 28.0. The van der Waals surface area contributed by atoms with Crippen LogP contribution in [0.2, 0.25) is 0 Å². The molecule has 84 heavy (non-hydrogen) atoms. The maximum absolute atomic E-state index is 2.65. The molecule has 0 N–H and O–H groups in total. The van der Waals surface area contributed by atoms with Crippen molar-refractivity contribution in [1.82, 2.24) is 0 Å². The van der Waals surface area contributed by atoms with E-state index in [1.54, 1.807) is 22.3 Å². The lowest BCUT2D eigenvalue weighted by Crippen LogP contribution is -3.00. The third-order valence-electron chi connectivity index (χ3n) is 18.8. The van der Waals surface area contributed by atoms with Gasteiger partial charge in [-0.25, -0.2) is 0 Å². The Bertz CT molecular complexity index is 2410. The van der Waals surface area contributed by atoms with Gasteiger partial charge < -0.3 is 85.9 Å². The second-order valence-corrected chi connectivity index (χ2v) is 29.9. The average molecular weight is 1410 g/mol. The molecule has 0 saturated carbocycles. The van der Waals surface area contributed by atoms with E-state index in [-0.39, 0.29) is 78.8 Å². The Morgan fingerprint density at radius 1 is 0.226 bits per heavy atom. The second-order valence-electron chi connectivity index (χ2n) is 29.9. The summed E-state index contributed by atoms with van der Waals surface area (Å²) < 4.78 is 4.30. The summed E-state index contributed by atoms with van der Waals surface area (Å²) in [5.74, 6) is 0. The largest absolute Gasteiger partial charge is 1.00 e. The van der Waals surface area contributed by atoms with Gasteiger partial charge in [-0.1, -0.05) is 200 Å². The zero-order valence-corrected chi connectivity index (χ0v) is 61.7. The topological polar surface area (TPSA) is 0 Å². The van der Waals surface area contributed by atoms with Crippen molar-refractivity contribution < 1.29 is 85.9 Å². The molecule has 0 aromatic heterocycles. The fraction of sp³-hybridized carbons (Fsp3) is 0.605. The first-order valence-electron chi connectivity index (χ1n) is 33.0. The highest BCUT2D eigenvalue weighted by molar-refractivity contribution is 5.86. The van der Waals surface area contributed by atoms with Crippen molar-refractivity contribution in [1.29, 1.82) is 0 Å². The molecule has 470 valence electrons. The molecule has 0 radical (unpaired) electrons. The van der Waals surface area contributed by atoms with Crippen molar-refractivity contribution in [3.05, 3.63) is 131 Å². The molecule has 0 amide bonds. The zero-order valence-electron chi connectivity index (χ0n) is 55.3. The van der Waals surface area contributed by atoms with E-state index in [2.05, 4.69) is 194 Å². The maximum atomic E-state index is 2.65. The van der Waals surface area contributed by atoms with E-state index in [4.69, 9.17) is 0 Å². The summed E-state index contributed by atoms with van der Waals surface area (Å²) in [6.07, 6.45) is 37.2. The summed E-state index contributed by atoms with van der Waals surface area (Å²) >= 11 is 0. The van der Waals surface area contributed by atoms with Crippen LogP contribution in [-0.2, 0) is 10.8 Å². The van der Waals surface area contributed by atoms with Gasteiger partial charge in [0.05, 0.1) is 111 Å². The summed E-state index contributed by atoms with van der Waals surface area (Å²) in [6.45, 7) is 5.10. The van der Waals surface area contributed by atoms with Gasteiger partial charge in [0.2, 0.25) is 0 Å². The summed E-state index contributed by atoms with van der Waals surface area (Å²) in [5, 5.41) is 0. The zero-order chi connectivity index (χ0) is 57.3. The van der Waals surface area contributed by atoms with E-state index < -0.39 is 0 Å². The maximum Gasteiger partial charge on any atom is 0.0780 e. The summed E-state index contributed by atoms with van der Waals surface area (Å²) in [6, 6.07) is 44.0. The average Bonchev–Trinajstić information content (AvgIpc) is 3.84.